The number of rotatable bonds is 6. The van der Waals surface area contributed by atoms with Crippen molar-refractivity contribution in [1.82, 2.24) is 5.32 Å². The van der Waals surface area contributed by atoms with Crippen molar-refractivity contribution < 1.29 is 9.90 Å². The third kappa shape index (κ3) is 4.67. The Morgan fingerprint density at radius 2 is 2.05 bits per heavy atom. The zero-order valence-corrected chi connectivity index (χ0v) is 13.2. The van der Waals surface area contributed by atoms with Crippen LogP contribution in [0, 0.1) is 0 Å². The summed E-state index contributed by atoms with van der Waals surface area (Å²) in [5.41, 5.74) is 3.92. The highest BCUT2D eigenvalue weighted by Gasteiger charge is 2.09. The van der Waals surface area contributed by atoms with Gasteiger partial charge in [-0.3, -0.25) is 4.79 Å². The average molecular weight is 303 g/mol. The number of thioether (sulfide) groups is 1. The second-order valence-corrected chi connectivity index (χ2v) is 6.29. The molecule has 0 unspecified atom stereocenters. The number of aliphatic carboxylic acids is 1. The van der Waals surface area contributed by atoms with Crippen LogP contribution in [0.2, 0.25) is 0 Å². The molecule has 4 heteroatoms. The van der Waals surface area contributed by atoms with E-state index in [1.165, 1.54) is 16.7 Å². The summed E-state index contributed by atoms with van der Waals surface area (Å²) >= 11 is 1.62. The quantitative estimate of drug-likeness (QED) is 0.827. The molecule has 0 amide bonds. The molecule has 0 saturated heterocycles. The van der Waals surface area contributed by atoms with Gasteiger partial charge in [-0.05, 0) is 40.5 Å². The maximum Gasteiger partial charge on any atom is 0.305 e. The molecule has 0 radical (unpaired) electrons. The van der Waals surface area contributed by atoms with Crippen molar-refractivity contribution in [2.75, 3.05) is 6.54 Å². The second kappa shape index (κ2) is 7.36. The van der Waals surface area contributed by atoms with Crippen LogP contribution in [0.25, 0.3) is 5.57 Å². The molecular weight excluding hydrogens is 282 g/mol. The first-order chi connectivity index (χ1) is 10.1. The van der Waals surface area contributed by atoms with Crippen LogP contribution in [0.1, 0.15) is 43.7 Å². The average Bonchev–Trinajstić information content (AvgIpc) is 2.48. The normalized spacial score (nSPS) is 14.6. The summed E-state index contributed by atoms with van der Waals surface area (Å²) in [7, 11) is 0. The van der Waals surface area contributed by atoms with Gasteiger partial charge in [-0.2, -0.15) is 0 Å². The van der Waals surface area contributed by atoms with E-state index in [1.807, 2.05) is 0 Å². The Hall–Kier alpha value is -1.68. The van der Waals surface area contributed by atoms with Gasteiger partial charge in [-0.25, -0.2) is 0 Å². The summed E-state index contributed by atoms with van der Waals surface area (Å²) in [5, 5.41) is 15.0. The summed E-state index contributed by atoms with van der Waals surface area (Å²) < 4.78 is 0. The number of hydrogen-bond donors (Lipinski definition) is 2. The number of carboxylic acid groups (broad SMARTS) is 1. The fourth-order valence-corrected chi connectivity index (χ4v) is 2.97. The Labute approximate surface area is 130 Å². The van der Waals surface area contributed by atoms with Gasteiger partial charge in [0.15, 0.2) is 0 Å². The van der Waals surface area contributed by atoms with E-state index in [0.717, 1.165) is 11.4 Å². The van der Waals surface area contributed by atoms with Crippen LogP contribution in [0.5, 0.6) is 0 Å². The van der Waals surface area contributed by atoms with Crippen LogP contribution in [0.4, 0.5) is 0 Å². The van der Waals surface area contributed by atoms with Gasteiger partial charge in [0, 0.05) is 6.54 Å². The van der Waals surface area contributed by atoms with Crippen molar-refractivity contribution >= 4 is 23.3 Å². The molecule has 2 rings (SSSR count). The molecule has 112 valence electrons. The molecule has 21 heavy (non-hydrogen) atoms. The smallest absolute Gasteiger partial charge is 0.305 e. The number of allylic oxidation sites excluding steroid dienone is 2. The fraction of sp³-hybridized carbons (Fsp3) is 0.353. The van der Waals surface area contributed by atoms with Gasteiger partial charge in [0.1, 0.15) is 0 Å². The predicted octanol–water partition coefficient (Wildman–Crippen LogP) is 4.19. The standard InChI is InChI=1S/C17H21NO2S/c1-12(2)13-3-5-14(6-4-13)15-7-8-16(21-11-15)18-10-9-17(19)20/h3-6,8,11-12,18H,7,9-10H2,1-2H3,(H,19,20). The molecule has 1 aliphatic heterocycles. The van der Waals surface area contributed by atoms with Crippen molar-refractivity contribution in [2.24, 2.45) is 0 Å². The Morgan fingerprint density at radius 1 is 1.33 bits per heavy atom. The highest BCUT2D eigenvalue weighted by atomic mass is 32.2. The van der Waals surface area contributed by atoms with E-state index >= 15 is 0 Å². The molecule has 1 aromatic rings. The van der Waals surface area contributed by atoms with E-state index in [9.17, 15) is 4.79 Å². The third-order valence-corrected chi connectivity index (χ3v) is 4.39. The van der Waals surface area contributed by atoms with E-state index in [4.69, 9.17) is 5.11 Å². The molecule has 0 fully saturated rings. The van der Waals surface area contributed by atoms with Gasteiger partial charge < -0.3 is 10.4 Å². The van der Waals surface area contributed by atoms with Gasteiger partial charge in [-0.15, -0.1) is 0 Å². The number of hydrogen-bond acceptors (Lipinski definition) is 3. The van der Waals surface area contributed by atoms with E-state index in [1.54, 1.807) is 11.8 Å². The Kier molecular flexibility index (Phi) is 5.51. The third-order valence-electron chi connectivity index (χ3n) is 3.42. The lowest BCUT2D eigenvalue weighted by Gasteiger charge is -2.15. The molecule has 0 aromatic heterocycles. The van der Waals surface area contributed by atoms with Crippen LogP contribution in [0.15, 0.2) is 40.8 Å². The van der Waals surface area contributed by atoms with Gasteiger partial charge >= 0.3 is 5.97 Å². The minimum Gasteiger partial charge on any atom is -0.481 e. The molecule has 1 aliphatic rings. The Morgan fingerprint density at radius 3 is 2.57 bits per heavy atom. The molecule has 1 heterocycles. The Bertz CT molecular complexity index is 559. The van der Waals surface area contributed by atoms with Crippen molar-refractivity contribution in [1.29, 1.82) is 0 Å². The van der Waals surface area contributed by atoms with Crippen LogP contribution in [-0.2, 0) is 4.79 Å². The number of benzene rings is 1. The summed E-state index contributed by atoms with van der Waals surface area (Å²) in [6, 6.07) is 8.74. The SMILES string of the molecule is CC(C)c1ccc(C2=CSC(NCCC(=O)O)=CC2)cc1. The Balaban J connectivity index is 1.90. The zero-order chi connectivity index (χ0) is 15.2. The highest BCUT2D eigenvalue weighted by molar-refractivity contribution is 8.06. The van der Waals surface area contributed by atoms with Gasteiger partial charge in [0.05, 0.1) is 11.4 Å². The van der Waals surface area contributed by atoms with E-state index in [-0.39, 0.29) is 6.42 Å². The van der Waals surface area contributed by atoms with Crippen molar-refractivity contribution in [3.63, 3.8) is 0 Å². The van der Waals surface area contributed by atoms with Crippen LogP contribution in [-0.4, -0.2) is 17.6 Å². The lowest BCUT2D eigenvalue weighted by molar-refractivity contribution is -0.136. The molecule has 1 aromatic carbocycles. The summed E-state index contributed by atoms with van der Waals surface area (Å²) in [4.78, 5) is 10.5. The lowest BCUT2D eigenvalue weighted by Crippen LogP contribution is -2.16. The summed E-state index contributed by atoms with van der Waals surface area (Å²) in [6.45, 7) is 4.87. The molecule has 3 nitrogen and oxygen atoms in total. The maximum absolute atomic E-state index is 10.5. The van der Waals surface area contributed by atoms with Gasteiger partial charge in [-0.1, -0.05) is 49.9 Å². The predicted molar refractivity (Wildman–Crippen MR) is 89.1 cm³/mol. The van der Waals surface area contributed by atoms with E-state index in [2.05, 4.69) is 54.9 Å². The van der Waals surface area contributed by atoms with Gasteiger partial charge in [0.25, 0.3) is 0 Å². The lowest BCUT2D eigenvalue weighted by atomic mass is 9.98. The molecule has 0 saturated carbocycles. The van der Waals surface area contributed by atoms with E-state index < -0.39 is 5.97 Å². The molecule has 0 bridgehead atoms. The number of carboxylic acids is 1. The molecule has 0 atom stereocenters. The largest absolute Gasteiger partial charge is 0.481 e. The minimum atomic E-state index is -0.773. The van der Waals surface area contributed by atoms with Crippen molar-refractivity contribution in [2.45, 2.75) is 32.6 Å². The zero-order valence-electron chi connectivity index (χ0n) is 12.4. The van der Waals surface area contributed by atoms with Crippen LogP contribution < -0.4 is 5.32 Å². The van der Waals surface area contributed by atoms with Crippen LogP contribution >= 0.6 is 11.8 Å². The van der Waals surface area contributed by atoms with Crippen LogP contribution in [0.3, 0.4) is 0 Å². The maximum atomic E-state index is 10.5. The topological polar surface area (TPSA) is 49.3 Å². The van der Waals surface area contributed by atoms with Crippen molar-refractivity contribution in [3.05, 3.63) is 51.9 Å². The van der Waals surface area contributed by atoms with Gasteiger partial charge in [0.2, 0.25) is 0 Å². The molecular formula is C17H21NO2S. The summed E-state index contributed by atoms with van der Waals surface area (Å²) in [6.07, 6.45) is 3.15. The molecule has 2 N–H and O–H groups in total. The number of nitrogens with one attached hydrogen (secondary N) is 1. The minimum absolute atomic E-state index is 0.144. The first kappa shape index (κ1) is 15.7. The highest BCUT2D eigenvalue weighted by Crippen LogP contribution is 2.31. The molecule has 0 spiro atoms. The number of carbonyl (C=O) groups is 1. The first-order valence-electron chi connectivity index (χ1n) is 7.18. The monoisotopic (exact) mass is 303 g/mol. The summed E-state index contributed by atoms with van der Waals surface area (Å²) in [5.74, 6) is -0.218. The van der Waals surface area contributed by atoms with E-state index in [0.29, 0.717) is 12.5 Å². The van der Waals surface area contributed by atoms with Crippen molar-refractivity contribution in [3.8, 4) is 0 Å². The first-order valence-corrected chi connectivity index (χ1v) is 8.06. The second-order valence-electron chi connectivity index (χ2n) is 5.38. The fourth-order valence-electron chi connectivity index (χ4n) is 2.11. The molecule has 0 aliphatic carbocycles.